The number of rotatable bonds is 9. The van der Waals surface area contributed by atoms with Crippen molar-refractivity contribution < 1.29 is 14.7 Å². The number of aliphatic hydroxyl groups is 1. The lowest BCUT2D eigenvalue weighted by atomic mass is 10.1. The topological polar surface area (TPSA) is 66.4 Å². The summed E-state index contributed by atoms with van der Waals surface area (Å²) in [5.41, 5.74) is 0.992. The first-order chi connectivity index (χ1) is 11.7. The van der Waals surface area contributed by atoms with Crippen LogP contribution in [0.2, 0.25) is 0 Å². The molecule has 0 atom stereocenters. The van der Waals surface area contributed by atoms with Crippen LogP contribution >= 0.6 is 0 Å². The monoisotopic (exact) mass is 325 g/mol. The molecule has 0 bridgehead atoms. The van der Waals surface area contributed by atoms with Crippen molar-refractivity contribution >= 4 is 28.5 Å². The maximum atomic E-state index is 11.8. The zero-order valence-electron chi connectivity index (χ0n) is 13.7. The summed E-state index contributed by atoms with van der Waals surface area (Å²) in [6.07, 6.45) is 6.20. The number of hydrogen-bond acceptors (Lipinski definition) is 3. The first-order valence-corrected chi connectivity index (χ1v) is 8.26. The molecule has 0 aliphatic rings. The Labute approximate surface area is 142 Å². The number of aliphatic hydroxyl groups excluding tert-OH is 1. The van der Waals surface area contributed by atoms with Gasteiger partial charge in [-0.15, -0.1) is 0 Å². The molecule has 1 amide bonds. The summed E-state index contributed by atoms with van der Waals surface area (Å²) in [5.74, 6) is -0.244. The van der Waals surface area contributed by atoms with Crippen molar-refractivity contribution in [3.05, 3.63) is 54.1 Å². The number of fused-ring (bicyclic) bond motifs is 1. The lowest BCUT2D eigenvalue weighted by Crippen LogP contribution is -2.22. The maximum Gasteiger partial charge on any atom is 0.243 e. The fourth-order valence-electron chi connectivity index (χ4n) is 2.46. The number of ketones is 1. The van der Waals surface area contributed by atoms with Crippen LogP contribution in [0, 0.1) is 0 Å². The Bertz CT molecular complexity index is 722. The van der Waals surface area contributed by atoms with Gasteiger partial charge in [-0.2, -0.15) is 0 Å². The van der Waals surface area contributed by atoms with Gasteiger partial charge in [-0.05, 0) is 41.3 Å². The molecule has 4 nitrogen and oxygen atoms in total. The standard InChI is InChI=1S/C20H23NO3/c22-15-19(23)8-2-1-5-13-21-20(24)12-10-16-9-11-17-6-3-4-7-18(17)14-16/h3-4,6-7,9-12,14,22H,1-2,5,8,13,15H2,(H,21,24)/b12-10+. The second kappa shape index (κ2) is 9.63. The minimum atomic E-state index is -0.379. The van der Waals surface area contributed by atoms with Gasteiger partial charge in [0.1, 0.15) is 6.61 Å². The van der Waals surface area contributed by atoms with Crippen molar-refractivity contribution in [1.82, 2.24) is 5.32 Å². The molecule has 126 valence electrons. The molecule has 0 saturated heterocycles. The van der Waals surface area contributed by atoms with Crippen LogP contribution in [-0.2, 0) is 9.59 Å². The zero-order chi connectivity index (χ0) is 17.2. The SMILES string of the molecule is O=C(CO)CCCCCNC(=O)/C=C/c1ccc2ccccc2c1. The van der Waals surface area contributed by atoms with Gasteiger partial charge in [0.25, 0.3) is 0 Å². The van der Waals surface area contributed by atoms with Crippen molar-refractivity contribution in [2.24, 2.45) is 0 Å². The molecular formula is C20H23NO3. The summed E-state index contributed by atoms with van der Waals surface area (Å²) in [6.45, 7) is 0.213. The molecule has 2 N–H and O–H groups in total. The molecule has 0 saturated carbocycles. The van der Waals surface area contributed by atoms with Crippen LogP contribution in [0.25, 0.3) is 16.8 Å². The van der Waals surface area contributed by atoms with E-state index in [1.54, 1.807) is 6.08 Å². The van der Waals surface area contributed by atoms with Crippen molar-refractivity contribution in [3.63, 3.8) is 0 Å². The number of carbonyl (C=O) groups is 2. The van der Waals surface area contributed by atoms with Crippen molar-refractivity contribution in [2.45, 2.75) is 25.7 Å². The van der Waals surface area contributed by atoms with Gasteiger partial charge in [0, 0.05) is 19.0 Å². The summed E-state index contributed by atoms with van der Waals surface area (Å²) in [4.78, 5) is 22.7. The molecule has 0 spiro atoms. The number of carbonyl (C=O) groups excluding carboxylic acids is 2. The predicted octanol–water partition coefficient (Wildman–Crippen LogP) is 3.09. The molecule has 0 aromatic heterocycles. The van der Waals surface area contributed by atoms with E-state index in [2.05, 4.69) is 17.4 Å². The van der Waals surface area contributed by atoms with Gasteiger partial charge in [-0.1, -0.05) is 42.8 Å². The first kappa shape index (κ1) is 17.9. The number of nitrogens with one attached hydrogen (secondary N) is 1. The third kappa shape index (κ3) is 5.97. The Kier molecular flexibility index (Phi) is 7.18. The highest BCUT2D eigenvalue weighted by molar-refractivity contribution is 5.92. The number of amides is 1. The molecule has 0 fully saturated rings. The van der Waals surface area contributed by atoms with Crippen LogP contribution in [0.4, 0.5) is 0 Å². The Morgan fingerprint density at radius 3 is 2.58 bits per heavy atom. The van der Waals surface area contributed by atoms with E-state index >= 15 is 0 Å². The highest BCUT2D eigenvalue weighted by Gasteiger charge is 2.00. The predicted molar refractivity (Wildman–Crippen MR) is 96.6 cm³/mol. The van der Waals surface area contributed by atoms with E-state index in [1.165, 1.54) is 5.39 Å². The summed E-state index contributed by atoms with van der Waals surface area (Å²) in [7, 11) is 0. The average molecular weight is 325 g/mol. The normalized spacial score (nSPS) is 11.0. The molecule has 0 heterocycles. The molecule has 2 aromatic rings. The maximum absolute atomic E-state index is 11.8. The molecule has 0 aliphatic heterocycles. The summed E-state index contributed by atoms with van der Waals surface area (Å²) in [5, 5.41) is 13.8. The molecule has 0 aliphatic carbocycles. The summed E-state index contributed by atoms with van der Waals surface area (Å²) >= 11 is 0. The molecule has 2 aromatic carbocycles. The van der Waals surface area contributed by atoms with E-state index in [9.17, 15) is 9.59 Å². The molecule has 4 heteroatoms. The van der Waals surface area contributed by atoms with E-state index in [4.69, 9.17) is 5.11 Å². The van der Waals surface area contributed by atoms with Gasteiger partial charge in [0.15, 0.2) is 5.78 Å². The quantitative estimate of drug-likeness (QED) is 0.550. The molecule has 0 unspecified atom stereocenters. The van der Waals surface area contributed by atoms with Gasteiger partial charge in [-0.3, -0.25) is 9.59 Å². The van der Waals surface area contributed by atoms with E-state index in [0.717, 1.165) is 30.2 Å². The van der Waals surface area contributed by atoms with E-state index < -0.39 is 0 Å². The van der Waals surface area contributed by atoms with Crippen LogP contribution in [0.1, 0.15) is 31.2 Å². The fourth-order valence-corrected chi connectivity index (χ4v) is 2.46. The Balaban J connectivity index is 1.71. The van der Waals surface area contributed by atoms with Crippen LogP contribution < -0.4 is 5.32 Å². The molecule has 0 radical (unpaired) electrons. The minimum absolute atomic E-state index is 0.116. The van der Waals surface area contributed by atoms with Crippen LogP contribution in [0.3, 0.4) is 0 Å². The molecule has 24 heavy (non-hydrogen) atoms. The highest BCUT2D eigenvalue weighted by Crippen LogP contribution is 2.16. The van der Waals surface area contributed by atoms with Crippen molar-refractivity contribution in [3.8, 4) is 0 Å². The second-order valence-electron chi connectivity index (χ2n) is 5.74. The van der Waals surface area contributed by atoms with E-state index in [1.807, 2.05) is 36.4 Å². The van der Waals surface area contributed by atoms with Gasteiger partial charge >= 0.3 is 0 Å². The highest BCUT2D eigenvalue weighted by atomic mass is 16.3. The Morgan fingerprint density at radius 1 is 1.00 bits per heavy atom. The first-order valence-electron chi connectivity index (χ1n) is 8.26. The lowest BCUT2D eigenvalue weighted by Gasteiger charge is -2.02. The van der Waals surface area contributed by atoms with Crippen LogP contribution in [0.5, 0.6) is 0 Å². The van der Waals surface area contributed by atoms with Gasteiger partial charge < -0.3 is 10.4 Å². The second-order valence-corrected chi connectivity index (χ2v) is 5.74. The third-order valence-electron chi connectivity index (χ3n) is 3.81. The number of Topliss-reactive ketones (excluding diaryl/α,β-unsaturated/α-hetero) is 1. The van der Waals surface area contributed by atoms with E-state index in [-0.39, 0.29) is 18.3 Å². The van der Waals surface area contributed by atoms with E-state index in [0.29, 0.717) is 13.0 Å². The molecular weight excluding hydrogens is 302 g/mol. The summed E-state index contributed by atoms with van der Waals surface area (Å²) < 4.78 is 0. The smallest absolute Gasteiger partial charge is 0.243 e. The third-order valence-corrected chi connectivity index (χ3v) is 3.81. The van der Waals surface area contributed by atoms with Crippen LogP contribution in [-0.4, -0.2) is 29.9 Å². The molecule has 2 rings (SSSR count). The Morgan fingerprint density at radius 2 is 1.79 bits per heavy atom. The zero-order valence-corrected chi connectivity index (χ0v) is 13.7. The van der Waals surface area contributed by atoms with Gasteiger partial charge in [0.2, 0.25) is 5.91 Å². The van der Waals surface area contributed by atoms with Crippen molar-refractivity contribution in [1.29, 1.82) is 0 Å². The van der Waals surface area contributed by atoms with Gasteiger partial charge in [-0.25, -0.2) is 0 Å². The van der Waals surface area contributed by atoms with Crippen molar-refractivity contribution in [2.75, 3.05) is 13.2 Å². The Hall–Kier alpha value is -2.46. The number of hydrogen-bond donors (Lipinski definition) is 2. The van der Waals surface area contributed by atoms with Gasteiger partial charge in [0.05, 0.1) is 0 Å². The lowest BCUT2D eigenvalue weighted by molar-refractivity contribution is -0.122. The summed E-state index contributed by atoms with van der Waals surface area (Å²) in [6, 6.07) is 14.2. The number of benzene rings is 2. The average Bonchev–Trinajstić information content (AvgIpc) is 2.62. The minimum Gasteiger partial charge on any atom is -0.389 e. The number of unbranched alkanes of at least 4 members (excludes halogenated alkanes) is 2. The van der Waals surface area contributed by atoms with Crippen LogP contribution in [0.15, 0.2) is 48.5 Å². The largest absolute Gasteiger partial charge is 0.389 e. The fraction of sp³-hybridized carbons (Fsp3) is 0.300.